The van der Waals surface area contributed by atoms with E-state index < -0.39 is 11.8 Å². The zero-order valence-electron chi connectivity index (χ0n) is 19.2. The van der Waals surface area contributed by atoms with Gasteiger partial charge in [-0.05, 0) is 23.6 Å². The van der Waals surface area contributed by atoms with E-state index in [1.54, 1.807) is 6.33 Å². The van der Waals surface area contributed by atoms with E-state index in [2.05, 4.69) is 46.7 Å². The fraction of sp³-hybridized carbons (Fsp3) is 0.179. The van der Waals surface area contributed by atoms with E-state index in [0.29, 0.717) is 18.0 Å². The van der Waals surface area contributed by atoms with Gasteiger partial charge in [-0.1, -0.05) is 91.0 Å². The van der Waals surface area contributed by atoms with Gasteiger partial charge in [-0.15, -0.1) is 0 Å². The average Bonchev–Trinajstić information content (AvgIpc) is 3.31. The summed E-state index contributed by atoms with van der Waals surface area (Å²) in [6.45, 7) is 1.96. The zero-order chi connectivity index (χ0) is 24.0. The van der Waals surface area contributed by atoms with Gasteiger partial charge in [0.2, 0.25) is 5.95 Å². The number of imidazole rings is 1. The highest BCUT2D eigenvalue weighted by Crippen LogP contribution is 2.42. The molecule has 3 aromatic carbocycles. The second-order valence-corrected chi connectivity index (χ2v) is 8.97. The molecule has 3 heterocycles. The minimum atomic E-state index is -0.946. The number of hydrogen-bond acceptors (Lipinski definition) is 5. The Kier molecular flexibility index (Phi) is 5.00. The lowest BCUT2D eigenvalue weighted by atomic mass is 9.76. The van der Waals surface area contributed by atoms with Crippen molar-refractivity contribution >= 4 is 17.1 Å². The first-order valence-electron chi connectivity index (χ1n) is 11.7. The molecular weight excluding hydrogens is 438 g/mol. The van der Waals surface area contributed by atoms with Crippen molar-refractivity contribution in [1.82, 2.24) is 19.1 Å². The molecule has 0 saturated carbocycles. The molecule has 0 fully saturated rings. The molecule has 7 heteroatoms. The van der Waals surface area contributed by atoms with Gasteiger partial charge in [0.05, 0.1) is 6.33 Å². The van der Waals surface area contributed by atoms with Crippen molar-refractivity contribution in [2.45, 2.75) is 31.2 Å². The second-order valence-electron chi connectivity index (χ2n) is 8.97. The van der Waals surface area contributed by atoms with E-state index in [1.165, 1.54) is 4.57 Å². The fourth-order valence-corrected chi connectivity index (χ4v) is 5.24. The van der Waals surface area contributed by atoms with Crippen molar-refractivity contribution in [2.75, 3.05) is 5.32 Å². The van der Waals surface area contributed by atoms with Gasteiger partial charge in [0.25, 0.3) is 5.56 Å². The van der Waals surface area contributed by atoms with Crippen LogP contribution in [0.15, 0.2) is 102 Å². The Morgan fingerprint density at radius 1 is 0.886 bits per heavy atom. The topological polar surface area (TPSA) is 85.0 Å². The van der Waals surface area contributed by atoms with Crippen LogP contribution in [0.2, 0.25) is 0 Å². The molecule has 0 amide bonds. The van der Waals surface area contributed by atoms with E-state index in [1.807, 2.05) is 66.1 Å². The number of nitrogens with one attached hydrogen (secondary N) is 1. The van der Waals surface area contributed by atoms with Gasteiger partial charge in [0.15, 0.2) is 11.2 Å². The van der Waals surface area contributed by atoms with Crippen LogP contribution in [0.1, 0.15) is 36.3 Å². The maximum absolute atomic E-state index is 13.5. The normalized spacial score (nSPS) is 17.7. The van der Waals surface area contributed by atoms with Gasteiger partial charge in [0, 0.05) is 12.5 Å². The molecule has 1 aliphatic heterocycles. The molecule has 2 unspecified atom stereocenters. The predicted molar refractivity (Wildman–Crippen MR) is 135 cm³/mol. The van der Waals surface area contributed by atoms with Crippen molar-refractivity contribution in [3.8, 4) is 0 Å². The Labute approximate surface area is 202 Å². The first kappa shape index (κ1) is 21.3. The van der Waals surface area contributed by atoms with Crippen LogP contribution in [0.3, 0.4) is 0 Å². The summed E-state index contributed by atoms with van der Waals surface area (Å²) < 4.78 is 3.28. The third-order valence-corrected chi connectivity index (χ3v) is 6.78. The Morgan fingerprint density at radius 3 is 1.91 bits per heavy atom. The highest BCUT2D eigenvalue weighted by Gasteiger charge is 2.40. The molecule has 2 atom stereocenters. The third kappa shape index (κ3) is 3.19. The lowest BCUT2D eigenvalue weighted by Gasteiger charge is -2.37. The Bertz CT molecular complexity index is 1450. The van der Waals surface area contributed by atoms with E-state index in [0.717, 1.165) is 16.7 Å². The van der Waals surface area contributed by atoms with Crippen LogP contribution in [0, 0.1) is 0 Å². The number of nitrogens with zero attached hydrogens (tertiary/aromatic N) is 4. The molecule has 2 N–H and O–H groups in total. The van der Waals surface area contributed by atoms with Crippen LogP contribution in [0.5, 0.6) is 0 Å². The number of anilines is 1. The summed E-state index contributed by atoms with van der Waals surface area (Å²) in [5.41, 5.74) is 2.50. The lowest BCUT2D eigenvalue weighted by molar-refractivity contribution is 0.0805. The summed E-state index contributed by atoms with van der Waals surface area (Å²) in [6.07, 6.45) is 1.16. The first-order valence-corrected chi connectivity index (χ1v) is 11.7. The number of rotatable bonds is 4. The predicted octanol–water partition coefficient (Wildman–Crippen LogP) is 4.13. The molecule has 0 spiro atoms. The maximum Gasteiger partial charge on any atom is 0.285 e. The molecule has 7 nitrogen and oxygen atoms in total. The maximum atomic E-state index is 13.5. The molecule has 0 saturated heterocycles. The molecule has 6 rings (SSSR count). The summed E-state index contributed by atoms with van der Waals surface area (Å²) in [5.74, 6) is 0.346. The van der Waals surface area contributed by atoms with Gasteiger partial charge < -0.3 is 10.4 Å². The minimum absolute atomic E-state index is 0.0205. The van der Waals surface area contributed by atoms with Crippen LogP contribution < -0.4 is 10.9 Å². The Hall–Kier alpha value is -4.23. The van der Waals surface area contributed by atoms with E-state index in [4.69, 9.17) is 4.98 Å². The third-order valence-electron chi connectivity index (χ3n) is 6.78. The molecule has 1 aliphatic rings. The van der Waals surface area contributed by atoms with Gasteiger partial charge in [-0.25, -0.2) is 9.55 Å². The van der Waals surface area contributed by atoms with Gasteiger partial charge in [-0.3, -0.25) is 9.36 Å². The SMILES string of the molecule is CC1CC(O)n2c(nc3c(ncn3C(c3ccccc3)(c3ccccc3)c3ccccc3)c2=O)N1. The zero-order valence-corrected chi connectivity index (χ0v) is 19.2. The second kappa shape index (κ2) is 8.21. The van der Waals surface area contributed by atoms with Gasteiger partial charge >= 0.3 is 0 Å². The molecule has 0 aliphatic carbocycles. The molecule has 0 radical (unpaired) electrons. The van der Waals surface area contributed by atoms with Crippen molar-refractivity contribution in [3.05, 3.63) is 124 Å². The number of fused-ring (bicyclic) bond motifs is 2. The first-order chi connectivity index (χ1) is 17.1. The molecule has 2 aromatic heterocycles. The number of hydrogen-bond donors (Lipinski definition) is 2. The summed E-state index contributed by atoms with van der Waals surface area (Å²) >= 11 is 0. The molecule has 35 heavy (non-hydrogen) atoms. The summed E-state index contributed by atoms with van der Waals surface area (Å²) in [6, 6.07) is 30.5. The van der Waals surface area contributed by atoms with Gasteiger partial charge in [-0.2, -0.15) is 4.98 Å². The van der Waals surface area contributed by atoms with Crippen molar-refractivity contribution in [1.29, 1.82) is 0 Å². The number of aliphatic hydroxyl groups is 1. The average molecular weight is 464 g/mol. The molecule has 174 valence electrons. The fourth-order valence-electron chi connectivity index (χ4n) is 5.24. The molecular formula is C28H25N5O2. The minimum Gasteiger partial charge on any atom is -0.373 e. The van der Waals surface area contributed by atoms with E-state index >= 15 is 0 Å². The highest BCUT2D eigenvalue weighted by molar-refractivity contribution is 5.73. The lowest BCUT2D eigenvalue weighted by Crippen LogP contribution is -2.40. The highest BCUT2D eigenvalue weighted by atomic mass is 16.3. The molecule has 0 bridgehead atoms. The Morgan fingerprint density at radius 2 is 1.40 bits per heavy atom. The monoisotopic (exact) mass is 463 g/mol. The Balaban J connectivity index is 1.76. The van der Waals surface area contributed by atoms with Crippen LogP contribution in [0.25, 0.3) is 11.2 Å². The van der Waals surface area contributed by atoms with Crippen LogP contribution >= 0.6 is 0 Å². The summed E-state index contributed by atoms with van der Waals surface area (Å²) in [7, 11) is 0. The summed E-state index contributed by atoms with van der Waals surface area (Å²) in [5, 5.41) is 13.9. The van der Waals surface area contributed by atoms with Crippen molar-refractivity contribution in [3.63, 3.8) is 0 Å². The van der Waals surface area contributed by atoms with E-state index in [-0.39, 0.29) is 17.1 Å². The van der Waals surface area contributed by atoms with Crippen LogP contribution in [0.4, 0.5) is 5.95 Å². The largest absolute Gasteiger partial charge is 0.373 e. The smallest absolute Gasteiger partial charge is 0.285 e. The van der Waals surface area contributed by atoms with Crippen molar-refractivity contribution in [2.24, 2.45) is 0 Å². The quantitative estimate of drug-likeness (QED) is 0.392. The van der Waals surface area contributed by atoms with Crippen LogP contribution in [-0.4, -0.2) is 30.3 Å². The number of benzene rings is 3. The van der Waals surface area contributed by atoms with Gasteiger partial charge in [0.1, 0.15) is 11.8 Å². The van der Waals surface area contributed by atoms with E-state index in [9.17, 15) is 9.90 Å². The standard InChI is InChI=1S/C28H25N5O2/c1-19-17-23(34)33-26(35)24-25(31-27(33)30-19)32(18-29-24)28(20-11-5-2-6-12-20,21-13-7-3-8-14-21)22-15-9-4-10-16-22/h2-16,18-19,23,34H,17H2,1H3,(H,30,31). The summed E-state index contributed by atoms with van der Waals surface area (Å²) in [4.78, 5) is 22.9. The molecule has 5 aromatic rings. The van der Waals surface area contributed by atoms with Crippen LogP contribution in [-0.2, 0) is 5.54 Å². The number of aliphatic hydroxyl groups excluding tert-OH is 1. The number of aromatic nitrogens is 4. The van der Waals surface area contributed by atoms with Crippen molar-refractivity contribution < 1.29 is 5.11 Å².